The minimum atomic E-state index is -0.992. The van der Waals surface area contributed by atoms with Gasteiger partial charge in [-0.3, -0.25) is 0 Å². The second kappa shape index (κ2) is 5.13. The highest BCUT2D eigenvalue weighted by molar-refractivity contribution is 5.95. The minimum Gasteiger partial charge on any atom is -0.478 e. The van der Waals surface area contributed by atoms with Gasteiger partial charge in [-0.1, -0.05) is 24.3 Å². The molecule has 1 aliphatic carbocycles. The molecule has 4 heteroatoms. The molecule has 0 saturated heterocycles. The van der Waals surface area contributed by atoms with Crippen molar-refractivity contribution < 1.29 is 9.90 Å². The lowest BCUT2D eigenvalue weighted by Crippen LogP contribution is -2.20. The molecule has 2 aromatic carbocycles. The van der Waals surface area contributed by atoms with E-state index in [0.717, 1.165) is 24.1 Å². The molecular formula is C17H18N2O2. The highest BCUT2D eigenvalue weighted by atomic mass is 16.4. The Labute approximate surface area is 123 Å². The van der Waals surface area contributed by atoms with Crippen LogP contribution in [0.2, 0.25) is 0 Å². The zero-order valence-electron chi connectivity index (χ0n) is 11.9. The van der Waals surface area contributed by atoms with Gasteiger partial charge in [-0.15, -0.1) is 0 Å². The quantitative estimate of drug-likeness (QED) is 0.757. The third kappa shape index (κ3) is 2.57. The van der Waals surface area contributed by atoms with Gasteiger partial charge in [0.25, 0.3) is 0 Å². The molecule has 0 atom stereocenters. The monoisotopic (exact) mass is 282 g/mol. The number of aromatic carboxylic acids is 1. The van der Waals surface area contributed by atoms with Crippen molar-refractivity contribution in [2.24, 2.45) is 0 Å². The summed E-state index contributed by atoms with van der Waals surface area (Å²) in [4.78, 5) is 11.2. The van der Waals surface area contributed by atoms with Crippen LogP contribution in [0.5, 0.6) is 0 Å². The molecule has 0 bridgehead atoms. The Balaban J connectivity index is 1.82. The summed E-state index contributed by atoms with van der Waals surface area (Å²) in [5, 5.41) is 12.6. The largest absolute Gasteiger partial charge is 0.478 e. The van der Waals surface area contributed by atoms with Gasteiger partial charge < -0.3 is 16.2 Å². The fraction of sp³-hybridized carbons (Fsp3) is 0.235. The number of hydrogen-bond donors (Lipinski definition) is 3. The highest BCUT2D eigenvalue weighted by Gasteiger charge is 2.21. The van der Waals surface area contributed by atoms with Gasteiger partial charge in [-0.2, -0.15) is 0 Å². The van der Waals surface area contributed by atoms with E-state index in [1.54, 1.807) is 6.07 Å². The van der Waals surface area contributed by atoms with Gasteiger partial charge in [0, 0.05) is 17.4 Å². The van der Waals surface area contributed by atoms with Gasteiger partial charge in [-0.25, -0.2) is 4.79 Å². The number of nitrogens with two attached hydrogens (primary N) is 1. The Morgan fingerprint density at radius 3 is 2.43 bits per heavy atom. The Bertz CT molecular complexity index is 685. The van der Waals surface area contributed by atoms with E-state index in [-0.39, 0.29) is 5.56 Å². The molecule has 0 amide bonds. The number of rotatable bonds is 3. The van der Waals surface area contributed by atoms with E-state index in [1.165, 1.54) is 11.1 Å². The Kier molecular flexibility index (Phi) is 3.29. The zero-order valence-corrected chi connectivity index (χ0v) is 11.9. The fourth-order valence-electron chi connectivity index (χ4n) is 2.96. The number of carboxylic acid groups (broad SMARTS) is 1. The van der Waals surface area contributed by atoms with Gasteiger partial charge in [0.2, 0.25) is 0 Å². The summed E-state index contributed by atoms with van der Waals surface area (Å²) >= 11 is 0. The molecule has 1 aliphatic rings. The van der Waals surface area contributed by atoms with Gasteiger partial charge >= 0.3 is 5.97 Å². The normalized spacial score (nSPS) is 14.0. The first-order valence-electron chi connectivity index (χ1n) is 7.01. The van der Waals surface area contributed by atoms with Crippen LogP contribution in [0, 0.1) is 6.92 Å². The summed E-state index contributed by atoms with van der Waals surface area (Å²) in [6.45, 7) is 1.83. The Morgan fingerprint density at radius 1 is 1.24 bits per heavy atom. The molecule has 0 unspecified atom stereocenters. The van der Waals surface area contributed by atoms with Crippen LogP contribution in [-0.4, -0.2) is 17.1 Å². The Morgan fingerprint density at radius 2 is 1.86 bits per heavy atom. The second-order valence-corrected chi connectivity index (χ2v) is 5.58. The molecule has 0 saturated carbocycles. The molecule has 21 heavy (non-hydrogen) atoms. The number of anilines is 2. The smallest absolute Gasteiger partial charge is 0.337 e. The van der Waals surface area contributed by atoms with Crippen LogP contribution >= 0.6 is 0 Å². The number of fused-ring (bicyclic) bond motifs is 1. The summed E-state index contributed by atoms with van der Waals surface area (Å²) in [7, 11) is 0. The molecule has 0 radical (unpaired) electrons. The lowest BCUT2D eigenvalue weighted by molar-refractivity contribution is 0.0698. The van der Waals surface area contributed by atoms with Crippen LogP contribution in [-0.2, 0) is 12.8 Å². The van der Waals surface area contributed by atoms with Crippen LogP contribution in [0.1, 0.15) is 27.0 Å². The number of benzene rings is 2. The van der Waals surface area contributed by atoms with E-state index in [2.05, 4.69) is 29.6 Å². The van der Waals surface area contributed by atoms with Crippen molar-refractivity contribution in [2.45, 2.75) is 25.8 Å². The summed E-state index contributed by atoms with van der Waals surface area (Å²) in [6.07, 6.45) is 1.92. The Hall–Kier alpha value is -2.49. The molecule has 4 N–H and O–H groups in total. The van der Waals surface area contributed by atoms with Crippen molar-refractivity contribution in [3.63, 3.8) is 0 Å². The van der Waals surface area contributed by atoms with Crippen molar-refractivity contribution in [3.8, 4) is 0 Å². The second-order valence-electron chi connectivity index (χ2n) is 5.58. The van der Waals surface area contributed by atoms with Crippen LogP contribution in [0.25, 0.3) is 0 Å². The fourth-order valence-corrected chi connectivity index (χ4v) is 2.96. The standard InChI is InChI=1S/C17H18N2O2/c1-10-6-13(9-15(16(10)18)17(20)21)19-14-7-11-4-2-3-5-12(11)8-14/h2-6,9,14,19H,7-8,18H2,1H3,(H,20,21). The maximum atomic E-state index is 11.2. The lowest BCUT2D eigenvalue weighted by atomic mass is 10.1. The van der Waals surface area contributed by atoms with Gasteiger partial charge in [0.1, 0.15) is 0 Å². The molecule has 2 aromatic rings. The summed E-state index contributed by atoms with van der Waals surface area (Å²) in [5.74, 6) is -0.992. The molecule has 108 valence electrons. The SMILES string of the molecule is Cc1cc(NC2Cc3ccccc3C2)cc(C(=O)O)c1N. The molecule has 3 rings (SSSR count). The van der Waals surface area contributed by atoms with Crippen molar-refractivity contribution >= 4 is 17.3 Å². The van der Waals surface area contributed by atoms with E-state index in [9.17, 15) is 9.90 Å². The third-order valence-corrected chi connectivity index (χ3v) is 4.04. The molecule has 0 fully saturated rings. The molecular weight excluding hydrogens is 264 g/mol. The molecule has 0 heterocycles. The first-order valence-corrected chi connectivity index (χ1v) is 7.01. The molecule has 0 aromatic heterocycles. The number of nitrogens with one attached hydrogen (secondary N) is 1. The van der Waals surface area contributed by atoms with E-state index in [0.29, 0.717) is 11.7 Å². The summed E-state index contributed by atoms with van der Waals surface area (Å²) in [5.41, 5.74) is 10.6. The highest BCUT2D eigenvalue weighted by Crippen LogP contribution is 2.27. The van der Waals surface area contributed by atoms with Gasteiger partial charge in [0.05, 0.1) is 5.56 Å². The first-order chi connectivity index (χ1) is 10.0. The summed E-state index contributed by atoms with van der Waals surface area (Å²) in [6, 6.07) is 12.2. The van der Waals surface area contributed by atoms with Gasteiger partial charge in [-0.05, 0) is 48.6 Å². The molecule has 4 nitrogen and oxygen atoms in total. The van der Waals surface area contributed by atoms with Crippen molar-refractivity contribution in [1.82, 2.24) is 0 Å². The minimum absolute atomic E-state index is 0.160. The number of carbonyl (C=O) groups is 1. The summed E-state index contributed by atoms with van der Waals surface area (Å²) < 4.78 is 0. The molecule has 0 spiro atoms. The van der Waals surface area contributed by atoms with Gasteiger partial charge in [0.15, 0.2) is 0 Å². The first kappa shape index (κ1) is 13.5. The van der Waals surface area contributed by atoms with Crippen LogP contribution in [0.3, 0.4) is 0 Å². The number of hydrogen-bond acceptors (Lipinski definition) is 3. The third-order valence-electron chi connectivity index (χ3n) is 4.04. The predicted octanol–water partition coefficient (Wildman–Crippen LogP) is 2.85. The van der Waals surface area contributed by atoms with Crippen molar-refractivity contribution in [3.05, 3.63) is 58.7 Å². The van der Waals surface area contributed by atoms with Crippen LogP contribution in [0.4, 0.5) is 11.4 Å². The number of nitrogen functional groups attached to an aromatic ring is 1. The predicted molar refractivity (Wildman–Crippen MR) is 83.8 cm³/mol. The van der Waals surface area contributed by atoms with Crippen LogP contribution in [0.15, 0.2) is 36.4 Å². The topological polar surface area (TPSA) is 75.3 Å². The van der Waals surface area contributed by atoms with Crippen LogP contribution < -0.4 is 11.1 Å². The zero-order chi connectivity index (χ0) is 15.0. The lowest BCUT2D eigenvalue weighted by Gasteiger charge is -2.16. The van der Waals surface area contributed by atoms with E-state index in [4.69, 9.17) is 5.73 Å². The van der Waals surface area contributed by atoms with Crippen molar-refractivity contribution in [2.75, 3.05) is 11.1 Å². The average Bonchev–Trinajstić information content (AvgIpc) is 2.84. The number of carboxylic acids is 1. The molecule has 0 aliphatic heterocycles. The maximum Gasteiger partial charge on any atom is 0.337 e. The average molecular weight is 282 g/mol. The van der Waals surface area contributed by atoms with E-state index < -0.39 is 5.97 Å². The van der Waals surface area contributed by atoms with E-state index in [1.807, 2.05) is 13.0 Å². The maximum absolute atomic E-state index is 11.2. The number of aryl methyl sites for hydroxylation is 1. The van der Waals surface area contributed by atoms with E-state index >= 15 is 0 Å². The van der Waals surface area contributed by atoms with Crippen molar-refractivity contribution in [1.29, 1.82) is 0 Å².